The Kier molecular flexibility index (Phi) is 3.62. The van der Waals surface area contributed by atoms with Crippen LogP contribution >= 0.6 is 0 Å². The molecular formula is C20H26N4O2. The number of likely N-dealkylation sites (N-methyl/N-ethyl adjacent to an activating group) is 1. The average molecular weight is 354 g/mol. The van der Waals surface area contributed by atoms with Crippen molar-refractivity contribution in [1.82, 2.24) is 15.8 Å². The number of nitrogens with zero attached hydrogens (tertiary/aromatic N) is 2. The van der Waals surface area contributed by atoms with Crippen LogP contribution < -0.4 is 15.8 Å². The largest absolute Gasteiger partial charge is 0.340 e. The number of piperidine rings is 1. The molecule has 3 fully saturated rings. The van der Waals surface area contributed by atoms with E-state index < -0.39 is 5.41 Å². The Morgan fingerprint density at radius 1 is 1.19 bits per heavy atom. The molecule has 4 unspecified atom stereocenters. The summed E-state index contributed by atoms with van der Waals surface area (Å²) in [5.74, 6) is 0.674. The molecule has 6 nitrogen and oxygen atoms in total. The number of amides is 2. The summed E-state index contributed by atoms with van der Waals surface area (Å²) in [6, 6.07) is 8.31. The Morgan fingerprint density at radius 3 is 2.92 bits per heavy atom. The van der Waals surface area contributed by atoms with Crippen LogP contribution in [0.4, 0.5) is 5.69 Å². The quantitative estimate of drug-likeness (QED) is 0.795. The Balaban J connectivity index is 1.44. The van der Waals surface area contributed by atoms with Crippen LogP contribution in [0.5, 0.6) is 0 Å². The highest BCUT2D eigenvalue weighted by Crippen LogP contribution is 2.46. The van der Waals surface area contributed by atoms with Crippen LogP contribution in [-0.4, -0.2) is 48.9 Å². The zero-order valence-corrected chi connectivity index (χ0v) is 15.2. The number of benzene rings is 1. The number of carbonyl (C=O) groups excluding carboxylic acids is 2. The minimum absolute atomic E-state index is 0.132. The number of para-hydroxylation sites is 1. The van der Waals surface area contributed by atoms with Gasteiger partial charge in [0.1, 0.15) is 6.04 Å². The molecule has 26 heavy (non-hydrogen) atoms. The maximum Gasteiger partial charge on any atom is 0.241 e. The van der Waals surface area contributed by atoms with Crippen LogP contribution in [0.2, 0.25) is 0 Å². The minimum atomic E-state index is -0.569. The van der Waals surface area contributed by atoms with Gasteiger partial charge in [0, 0.05) is 37.8 Å². The van der Waals surface area contributed by atoms with E-state index in [1.54, 1.807) is 4.90 Å². The molecule has 138 valence electrons. The number of hydrogen-bond donors (Lipinski definition) is 2. The highest BCUT2D eigenvalue weighted by molar-refractivity contribution is 6.08. The summed E-state index contributed by atoms with van der Waals surface area (Å²) < 4.78 is 0. The van der Waals surface area contributed by atoms with Crippen molar-refractivity contribution in [1.29, 1.82) is 0 Å². The minimum Gasteiger partial charge on any atom is -0.340 e. The van der Waals surface area contributed by atoms with E-state index in [-0.39, 0.29) is 17.9 Å². The van der Waals surface area contributed by atoms with Gasteiger partial charge in [0.15, 0.2) is 0 Å². The summed E-state index contributed by atoms with van der Waals surface area (Å²) in [4.78, 5) is 30.2. The SMILES string of the molecule is CN1C(=O)C2(CCCN(C(=O)C3NNC4CCCC43)C2)c2ccccc21. The molecule has 0 bridgehead atoms. The molecule has 1 saturated carbocycles. The molecule has 4 aliphatic rings. The molecule has 2 amide bonds. The van der Waals surface area contributed by atoms with Gasteiger partial charge in [0.05, 0.1) is 5.41 Å². The third-order valence-corrected chi connectivity index (χ3v) is 6.99. The fourth-order valence-corrected chi connectivity index (χ4v) is 5.67. The number of carbonyl (C=O) groups is 2. The van der Waals surface area contributed by atoms with Crippen molar-refractivity contribution < 1.29 is 9.59 Å². The fourth-order valence-electron chi connectivity index (χ4n) is 5.67. The van der Waals surface area contributed by atoms with Crippen LogP contribution in [0.25, 0.3) is 0 Å². The zero-order chi connectivity index (χ0) is 17.9. The molecular weight excluding hydrogens is 328 g/mol. The number of anilines is 1. The summed E-state index contributed by atoms with van der Waals surface area (Å²) in [6.45, 7) is 1.25. The summed E-state index contributed by atoms with van der Waals surface area (Å²) >= 11 is 0. The monoisotopic (exact) mass is 354 g/mol. The molecule has 2 N–H and O–H groups in total. The Bertz CT molecular complexity index is 766. The first-order chi connectivity index (χ1) is 12.6. The second-order valence-corrected chi connectivity index (χ2v) is 8.29. The number of likely N-dealkylation sites (tertiary alicyclic amines) is 1. The van der Waals surface area contributed by atoms with Crippen LogP contribution in [-0.2, 0) is 15.0 Å². The highest BCUT2D eigenvalue weighted by Gasteiger charge is 2.53. The maximum atomic E-state index is 13.3. The van der Waals surface area contributed by atoms with Crippen molar-refractivity contribution in [2.24, 2.45) is 5.92 Å². The lowest BCUT2D eigenvalue weighted by molar-refractivity contribution is -0.138. The third-order valence-electron chi connectivity index (χ3n) is 6.99. The lowest BCUT2D eigenvalue weighted by atomic mass is 9.74. The third kappa shape index (κ3) is 2.12. The second-order valence-electron chi connectivity index (χ2n) is 8.29. The predicted octanol–water partition coefficient (Wildman–Crippen LogP) is 1.17. The van der Waals surface area contributed by atoms with Crippen LogP contribution in [0.15, 0.2) is 24.3 Å². The summed E-state index contributed by atoms with van der Waals surface area (Å²) in [5.41, 5.74) is 8.05. The highest BCUT2D eigenvalue weighted by atomic mass is 16.2. The van der Waals surface area contributed by atoms with Crippen molar-refractivity contribution in [2.45, 2.75) is 49.6 Å². The zero-order valence-electron chi connectivity index (χ0n) is 15.2. The molecule has 3 heterocycles. The van der Waals surface area contributed by atoms with Crippen molar-refractivity contribution >= 4 is 17.5 Å². The van der Waals surface area contributed by atoms with Crippen molar-refractivity contribution in [2.75, 3.05) is 25.0 Å². The van der Waals surface area contributed by atoms with Crippen LogP contribution in [0.1, 0.15) is 37.7 Å². The first-order valence-electron chi connectivity index (χ1n) is 9.79. The van der Waals surface area contributed by atoms with Crippen LogP contribution in [0.3, 0.4) is 0 Å². The maximum absolute atomic E-state index is 13.3. The molecule has 3 aliphatic heterocycles. The fraction of sp³-hybridized carbons (Fsp3) is 0.600. The molecule has 0 radical (unpaired) electrons. The van der Waals surface area contributed by atoms with Gasteiger partial charge in [-0.1, -0.05) is 24.6 Å². The molecule has 2 saturated heterocycles. The molecule has 0 aromatic heterocycles. The summed E-state index contributed by atoms with van der Waals surface area (Å²) in [7, 11) is 1.85. The summed E-state index contributed by atoms with van der Waals surface area (Å²) in [6.07, 6.45) is 5.12. The van der Waals surface area contributed by atoms with Gasteiger partial charge in [0.2, 0.25) is 11.8 Å². The molecule has 6 heteroatoms. The van der Waals surface area contributed by atoms with E-state index in [4.69, 9.17) is 0 Å². The van der Waals surface area contributed by atoms with Gasteiger partial charge in [-0.3, -0.25) is 15.0 Å². The van der Waals surface area contributed by atoms with Gasteiger partial charge in [-0.25, -0.2) is 5.43 Å². The number of hydrogen-bond acceptors (Lipinski definition) is 4. The molecule has 4 atom stereocenters. The Hall–Kier alpha value is -1.92. The standard InChI is InChI=1S/C20H26N4O2/c1-23-16-9-3-2-7-14(16)20(19(23)26)10-5-11-24(12-20)18(25)17-13-6-4-8-15(13)21-22-17/h2-3,7,9,13,15,17,21-22H,4-6,8,10-12H2,1H3. The molecule has 1 aromatic carbocycles. The van der Waals surface area contributed by atoms with E-state index in [1.165, 1.54) is 6.42 Å². The van der Waals surface area contributed by atoms with Gasteiger partial charge in [-0.15, -0.1) is 0 Å². The van der Waals surface area contributed by atoms with Gasteiger partial charge in [-0.05, 0) is 37.3 Å². The smallest absolute Gasteiger partial charge is 0.241 e. The second kappa shape index (κ2) is 5.79. The number of hydrazine groups is 1. The molecule has 1 aromatic rings. The molecule has 5 rings (SSSR count). The van der Waals surface area contributed by atoms with E-state index in [0.717, 1.165) is 43.5 Å². The van der Waals surface area contributed by atoms with E-state index in [1.807, 2.05) is 30.1 Å². The molecule has 1 aliphatic carbocycles. The van der Waals surface area contributed by atoms with Crippen molar-refractivity contribution in [3.05, 3.63) is 29.8 Å². The van der Waals surface area contributed by atoms with Gasteiger partial charge in [0.25, 0.3) is 0 Å². The van der Waals surface area contributed by atoms with Gasteiger partial charge in [-0.2, -0.15) is 0 Å². The lowest BCUT2D eigenvalue weighted by Gasteiger charge is -2.40. The van der Waals surface area contributed by atoms with Crippen LogP contribution in [0, 0.1) is 5.92 Å². The van der Waals surface area contributed by atoms with Gasteiger partial charge >= 0.3 is 0 Å². The lowest BCUT2D eigenvalue weighted by Crippen LogP contribution is -2.57. The normalized spacial score (nSPS) is 35.9. The Morgan fingerprint density at radius 2 is 2.04 bits per heavy atom. The predicted molar refractivity (Wildman–Crippen MR) is 98.5 cm³/mol. The number of fused-ring (bicyclic) bond motifs is 3. The molecule has 1 spiro atoms. The van der Waals surface area contributed by atoms with E-state index in [0.29, 0.717) is 18.5 Å². The first-order valence-corrected chi connectivity index (χ1v) is 9.79. The van der Waals surface area contributed by atoms with Gasteiger partial charge < -0.3 is 9.80 Å². The summed E-state index contributed by atoms with van der Waals surface area (Å²) in [5, 5.41) is 0. The Labute approximate surface area is 153 Å². The van der Waals surface area contributed by atoms with E-state index in [2.05, 4.69) is 16.9 Å². The number of rotatable bonds is 1. The van der Waals surface area contributed by atoms with Crippen molar-refractivity contribution in [3.8, 4) is 0 Å². The number of nitrogens with one attached hydrogen (secondary N) is 2. The first kappa shape index (κ1) is 16.3. The van der Waals surface area contributed by atoms with Crippen molar-refractivity contribution in [3.63, 3.8) is 0 Å². The van der Waals surface area contributed by atoms with E-state index >= 15 is 0 Å². The topological polar surface area (TPSA) is 64.7 Å². The average Bonchev–Trinajstić information content (AvgIpc) is 3.34. The van der Waals surface area contributed by atoms with E-state index in [9.17, 15) is 9.59 Å².